The molecule has 2 fully saturated rings. The number of carbonyl (C=O) groups excluding carboxylic acids is 1. The lowest BCUT2D eigenvalue weighted by atomic mass is 10.1. The van der Waals surface area contributed by atoms with Crippen molar-refractivity contribution < 1.29 is 4.79 Å². The Bertz CT molecular complexity index is 569. The lowest BCUT2D eigenvalue weighted by Gasteiger charge is -2.16. The van der Waals surface area contributed by atoms with E-state index in [4.69, 9.17) is 0 Å². The van der Waals surface area contributed by atoms with Crippen LogP contribution in [0.4, 0.5) is 0 Å². The molecule has 1 saturated carbocycles. The van der Waals surface area contributed by atoms with Gasteiger partial charge < -0.3 is 15.5 Å². The van der Waals surface area contributed by atoms with Crippen molar-refractivity contribution in [2.75, 3.05) is 20.1 Å². The average Bonchev–Trinajstić information content (AvgIpc) is 3.32. The monoisotopic (exact) mass is 442 g/mol. The maximum absolute atomic E-state index is 11.7. The first-order valence-electron chi connectivity index (χ1n) is 8.54. The number of nitrogens with one attached hydrogen (secondary N) is 2. The van der Waals surface area contributed by atoms with Gasteiger partial charge in [0.15, 0.2) is 5.96 Å². The third-order valence-electron chi connectivity index (χ3n) is 4.51. The van der Waals surface area contributed by atoms with E-state index in [1.54, 1.807) is 7.05 Å². The highest BCUT2D eigenvalue weighted by atomic mass is 127. The third kappa shape index (κ3) is 5.65. The van der Waals surface area contributed by atoms with E-state index in [-0.39, 0.29) is 29.9 Å². The van der Waals surface area contributed by atoms with Gasteiger partial charge in [-0.3, -0.25) is 9.79 Å². The fraction of sp³-hybridized carbons (Fsp3) is 0.556. The van der Waals surface area contributed by atoms with Crippen molar-refractivity contribution >= 4 is 35.8 Å². The molecule has 1 saturated heterocycles. The molecular weight excluding hydrogens is 415 g/mol. The molecule has 132 valence electrons. The Kier molecular flexibility index (Phi) is 7.33. The van der Waals surface area contributed by atoms with Crippen LogP contribution in [0.15, 0.2) is 29.3 Å². The second-order valence-corrected chi connectivity index (χ2v) is 6.49. The van der Waals surface area contributed by atoms with Gasteiger partial charge in [0.2, 0.25) is 5.91 Å². The van der Waals surface area contributed by atoms with E-state index >= 15 is 0 Å². The second-order valence-electron chi connectivity index (χ2n) is 6.49. The number of carbonyl (C=O) groups is 1. The molecule has 0 unspecified atom stereocenters. The standard InChI is InChI=1S/C18H26N4O.HI/c1-19-18(20-11-14-4-5-14)21-12-15-6-8-16(9-7-15)13-22-10-2-3-17(22)23;/h6-9,14H,2-5,10-13H2,1H3,(H2,19,20,21);1H. The van der Waals surface area contributed by atoms with E-state index < -0.39 is 0 Å². The minimum absolute atomic E-state index is 0. The molecule has 0 spiro atoms. The van der Waals surface area contributed by atoms with Gasteiger partial charge in [-0.15, -0.1) is 24.0 Å². The van der Waals surface area contributed by atoms with Gasteiger partial charge >= 0.3 is 0 Å². The number of aliphatic imine (C=N–C) groups is 1. The summed E-state index contributed by atoms with van der Waals surface area (Å²) < 4.78 is 0. The van der Waals surface area contributed by atoms with Crippen molar-refractivity contribution in [1.82, 2.24) is 15.5 Å². The van der Waals surface area contributed by atoms with Crippen LogP contribution < -0.4 is 10.6 Å². The highest BCUT2D eigenvalue weighted by Crippen LogP contribution is 2.27. The van der Waals surface area contributed by atoms with Crippen molar-refractivity contribution in [2.45, 2.75) is 38.8 Å². The molecule has 1 aliphatic carbocycles. The number of rotatable bonds is 6. The van der Waals surface area contributed by atoms with Crippen LogP contribution in [0.3, 0.4) is 0 Å². The molecule has 1 aromatic rings. The molecular formula is C18H27IN4O. The molecule has 0 atom stereocenters. The van der Waals surface area contributed by atoms with Gasteiger partial charge in [0.25, 0.3) is 0 Å². The quantitative estimate of drug-likeness (QED) is 0.405. The van der Waals surface area contributed by atoms with Crippen LogP contribution in [-0.4, -0.2) is 36.9 Å². The number of hydrogen-bond donors (Lipinski definition) is 2. The predicted molar refractivity (Wildman–Crippen MR) is 107 cm³/mol. The molecule has 1 aromatic carbocycles. The van der Waals surface area contributed by atoms with E-state index in [1.165, 1.54) is 24.0 Å². The molecule has 5 nitrogen and oxygen atoms in total. The highest BCUT2D eigenvalue weighted by molar-refractivity contribution is 14.0. The number of hydrogen-bond acceptors (Lipinski definition) is 2. The predicted octanol–water partition coefficient (Wildman–Crippen LogP) is 2.50. The zero-order valence-electron chi connectivity index (χ0n) is 14.3. The Labute approximate surface area is 161 Å². The minimum Gasteiger partial charge on any atom is -0.356 e. The summed E-state index contributed by atoms with van der Waals surface area (Å²) in [6.45, 7) is 3.40. The molecule has 1 amide bonds. The van der Waals surface area contributed by atoms with Gasteiger partial charge in [-0.25, -0.2) is 0 Å². The van der Waals surface area contributed by atoms with E-state index in [0.29, 0.717) is 6.42 Å². The molecule has 1 heterocycles. The van der Waals surface area contributed by atoms with Crippen LogP contribution >= 0.6 is 24.0 Å². The van der Waals surface area contributed by atoms with E-state index in [9.17, 15) is 4.79 Å². The summed E-state index contributed by atoms with van der Waals surface area (Å²) in [5, 5.41) is 6.70. The number of nitrogens with zero attached hydrogens (tertiary/aromatic N) is 2. The molecule has 0 bridgehead atoms. The molecule has 6 heteroatoms. The zero-order chi connectivity index (χ0) is 16.1. The Balaban J connectivity index is 0.00000208. The number of benzene rings is 1. The van der Waals surface area contributed by atoms with E-state index in [2.05, 4.69) is 39.9 Å². The summed E-state index contributed by atoms with van der Waals surface area (Å²) in [5.74, 6) is 1.98. The number of guanidine groups is 1. The van der Waals surface area contributed by atoms with Gasteiger partial charge in [-0.1, -0.05) is 24.3 Å². The minimum atomic E-state index is 0. The topological polar surface area (TPSA) is 56.7 Å². The highest BCUT2D eigenvalue weighted by Gasteiger charge is 2.21. The zero-order valence-corrected chi connectivity index (χ0v) is 16.6. The maximum Gasteiger partial charge on any atom is 0.222 e. The fourth-order valence-corrected chi connectivity index (χ4v) is 2.82. The Morgan fingerprint density at radius 2 is 1.92 bits per heavy atom. The first-order valence-corrected chi connectivity index (χ1v) is 8.54. The molecule has 3 rings (SSSR count). The van der Waals surface area contributed by atoms with Crippen LogP contribution in [0.25, 0.3) is 0 Å². The van der Waals surface area contributed by atoms with Crippen molar-refractivity contribution in [2.24, 2.45) is 10.9 Å². The van der Waals surface area contributed by atoms with Crippen molar-refractivity contribution in [3.63, 3.8) is 0 Å². The normalized spacial score (nSPS) is 17.6. The lowest BCUT2D eigenvalue weighted by Crippen LogP contribution is -2.37. The van der Waals surface area contributed by atoms with Gasteiger partial charge in [0.05, 0.1) is 0 Å². The molecule has 2 N–H and O–H groups in total. The molecule has 0 aromatic heterocycles. The van der Waals surface area contributed by atoms with Crippen LogP contribution in [0.2, 0.25) is 0 Å². The Morgan fingerprint density at radius 3 is 2.50 bits per heavy atom. The van der Waals surface area contributed by atoms with E-state index in [0.717, 1.165) is 44.5 Å². The number of amides is 1. The number of likely N-dealkylation sites (tertiary alicyclic amines) is 1. The van der Waals surface area contributed by atoms with Crippen LogP contribution in [-0.2, 0) is 17.9 Å². The van der Waals surface area contributed by atoms with Crippen LogP contribution in [0.1, 0.15) is 36.8 Å². The van der Waals surface area contributed by atoms with Gasteiger partial charge in [-0.2, -0.15) is 0 Å². The summed E-state index contributed by atoms with van der Waals surface area (Å²) >= 11 is 0. The molecule has 0 radical (unpaired) electrons. The molecule has 2 aliphatic rings. The summed E-state index contributed by atoms with van der Waals surface area (Å²) in [6.07, 6.45) is 4.37. The first-order chi connectivity index (χ1) is 11.2. The van der Waals surface area contributed by atoms with Crippen LogP contribution in [0.5, 0.6) is 0 Å². The van der Waals surface area contributed by atoms with Gasteiger partial charge in [0, 0.05) is 39.6 Å². The molecule has 24 heavy (non-hydrogen) atoms. The van der Waals surface area contributed by atoms with Gasteiger partial charge in [0.1, 0.15) is 0 Å². The van der Waals surface area contributed by atoms with Crippen molar-refractivity contribution in [3.8, 4) is 0 Å². The van der Waals surface area contributed by atoms with Crippen molar-refractivity contribution in [3.05, 3.63) is 35.4 Å². The smallest absolute Gasteiger partial charge is 0.222 e. The van der Waals surface area contributed by atoms with Crippen molar-refractivity contribution in [1.29, 1.82) is 0 Å². The third-order valence-corrected chi connectivity index (χ3v) is 4.51. The summed E-state index contributed by atoms with van der Waals surface area (Å²) in [4.78, 5) is 17.9. The Hall–Kier alpha value is -1.31. The first kappa shape index (κ1) is 19.0. The van der Waals surface area contributed by atoms with E-state index in [1.807, 2.05) is 4.90 Å². The van der Waals surface area contributed by atoms with Crippen LogP contribution in [0, 0.1) is 5.92 Å². The molecule has 1 aliphatic heterocycles. The fourth-order valence-electron chi connectivity index (χ4n) is 2.82. The Morgan fingerprint density at radius 1 is 1.21 bits per heavy atom. The SMILES string of the molecule is CN=C(NCc1ccc(CN2CCCC2=O)cc1)NCC1CC1.I. The maximum atomic E-state index is 11.7. The lowest BCUT2D eigenvalue weighted by molar-refractivity contribution is -0.128. The summed E-state index contributed by atoms with van der Waals surface area (Å²) in [6, 6.07) is 8.47. The average molecular weight is 442 g/mol. The van der Waals surface area contributed by atoms with Gasteiger partial charge in [-0.05, 0) is 36.3 Å². The largest absolute Gasteiger partial charge is 0.356 e. The number of halogens is 1. The summed E-state index contributed by atoms with van der Waals surface area (Å²) in [7, 11) is 1.80. The summed E-state index contributed by atoms with van der Waals surface area (Å²) in [5.41, 5.74) is 2.41. The second kappa shape index (κ2) is 9.25.